The lowest BCUT2D eigenvalue weighted by molar-refractivity contribution is 0.472. The Hall–Kier alpha value is -3.48. The van der Waals surface area contributed by atoms with E-state index in [2.05, 4.69) is 141 Å². The van der Waals surface area contributed by atoms with Crippen LogP contribution in [0.1, 0.15) is 37.0 Å². The van der Waals surface area contributed by atoms with Crippen LogP contribution in [-0.4, -0.2) is 5.58 Å². The van der Waals surface area contributed by atoms with Gasteiger partial charge in [0.25, 0.3) is 0 Å². The van der Waals surface area contributed by atoms with E-state index in [0.29, 0.717) is 18.4 Å². The SMILES string of the molecule is CC(C)CC1C=Cc2ccc(NC(=NCc3ccccc3)P(c3ccccc3)c3ccccc3)cc2C1. The van der Waals surface area contributed by atoms with Gasteiger partial charge in [-0.1, -0.05) is 123 Å². The fourth-order valence-corrected chi connectivity index (χ4v) is 7.15. The van der Waals surface area contributed by atoms with E-state index in [1.54, 1.807) is 0 Å². The Labute approximate surface area is 223 Å². The third kappa shape index (κ3) is 6.64. The maximum atomic E-state index is 5.23. The number of anilines is 1. The summed E-state index contributed by atoms with van der Waals surface area (Å²) >= 11 is 0. The van der Waals surface area contributed by atoms with Crippen LogP contribution in [0.3, 0.4) is 0 Å². The summed E-state index contributed by atoms with van der Waals surface area (Å²) in [5, 5.41) is 6.39. The predicted molar refractivity (Wildman–Crippen MR) is 162 cm³/mol. The molecular weight excluding hydrogens is 467 g/mol. The number of hydrogen-bond acceptors (Lipinski definition) is 1. The molecule has 2 nitrogen and oxygen atoms in total. The first-order valence-electron chi connectivity index (χ1n) is 13.2. The van der Waals surface area contributed by atoms with Crippen LogP contribution < -0.4 is 15.9 Å². The molecule has 0 amide bonds. The van der Waals surface area contributed by atoms with E-state index >= 15 is 0 Å². The van der Waals surface area contributed by atoms with E-state index in [9.17, 15) is 0 Å². The average Bonchev–Trinajstić information content (AvgIpc) is 2.93. The van der Waals surface area contributed by atoms with Gasteiger partial charge in [-0.3, -0.25) is 4.99 Å². The van der Waals surface area contributed by atoms with Crippen molar-refractivity contribution in [2.45, 2.75) is 33.2 Å². The molecule has 37 heavy (non-hydrogen) atoms. The van der Waals surface area contributed by atoms with Crippen molar-refractivity contribution in [3.63, 3.8) is 0 Å². The molecule has 1 aliphatic rings. The Morgan fingerprint density at radius 1 is 0.838 bits per heavy atom. The van der Waals surface area contributed by atoms with Crippen LogP contribution >= 0.6 is 7.92 Å². The van der Waals surface area contributed by atoms with Crippen molar-refractivity contribution < 1.29 is 0 Å². The van der Waals surface area contributed by atoms with Crippen molar-refractivity contribution >= 4 is 35.9 Å². The zero-order chi connectivity index (χ0) is 25.5. The van der Waals surface area contributed by atoms with Gasteiger partial charge in [-0.25, -0.2) is 0 Å². The Morgan fingerprint density at radius 3 is 2.08 bits per heavy atom. The predicted octanol–water partition coefficient (Wildman–Crippen LogP) is 8.02. The fraction of sp³-hybridized carbons (Fsp3) is 0.206. The minimum Gasteiger partial charge on any atom is -0.340 e. The van der Waals surface area contributed by atoms with Crippen LogP contribution in [0.4, 0.5) is 5.69 Å². The van der Waals surface area contributed by atoms with Gasteiger partial charge >= 0.3 is 0 Å². The number of allylic oxidation sites excluding steroid dienone is 1. The van der Waals surface area contributed by atoms with Crippen molar-refractivity contribution in [2.24, 2.45) is 16.8 Å². The second-order valence-corrected chi connectivity index (χ2v) is 12.3. The number of fused-ring (bicyclic) bond motifs is 1. The van der Waals surface area contributed by atoms with Crippen molar-refractivity contribution in [3.05, 3.63) is 132 Å². The van der Waals surface area contributed by atoms with Gasteiger partial charge in [-0.05, 0) is 64.1 Å². The molecular formula is C34H35N2P. The molecule has 0 fully saturated rings. The third-order valence-electron chi connectivity index (χ3n) is 6.70. The van der Waals surface area contributed by atoms with E-state index in [0.717, 1.165) is 17.7 Å². The molecule has 1 unspecified atom stereocenters. The van der Waals surface area contributed by atoms with E-state index < -0.39 is 7.92 Å². The second kappa shape index (κ2) is 12.2. The van der Waals surface area contributed by atoms with E-state index in [-0.39, 0.29) is 0 Å². The van der Waals surface area contributed by atoms with Gasteiger partial charge in [0.2, 0.25) is 0 Å². The van der Waals surface area contributed by atoms with Crippen LogP contribution in [0, 0.1) is 11.8 Å². The number of aliphatic imine (C=N–C) groups is 1. The van der Waals surface area contributed by atoms with Crippen LogP contribution in [0.5, 0.6) is 0 Å². The molecule has 0 heterocycles. The van der Waals surface area contributed by atoms with Gasteiger partial charge < -0.3 is 5.32 Å². The number of rotatable bonds is 8. The highest BCUT2D eigenvalue weighted by Gasteiger charge is 2.22. The number of nitrogens with zero attached hydrogens (tertiary/aromatic N) is 1. The Bertz CT molecular complexity index is 1310. The summed E-state index contributed by atoms with van der Waals surface area (Å²) < 4.78 is 0. The molecule has 4 aromatic rings. The van der Waals surface area contributed by atoms with Gasteiger partial charge in [0, 0.05) is 13.6 Å². The van der Waals surface area contributed by atoms with Crippen LogP contribution in [0.15, 0.2) is 120 Å². The summed E-state index contributed by atoms with van der Waals surface area (Å²) in [7, 11) is -0.841. The molecule has 0 aliphatic heterocycles. The van der Waals surface area contributed by atoms with Gasteiger partial charge in [0.15, 0.2) is 0 Å². The second-order valence-electron chi connectivity index (χ2n) is 10.1. The first-order chi connectivity index (χ1) is 18.2. The van der Waals surface area contributed by atoms with Crippen molar-refractivity contribution in [1.29, 1.82) is 0 Å². The number of benzene rings is 4. The largest absolute Gasteiger partial charge is 0.340 e. The van der Waals surface area contributed by atoms with Gasteiger partial charge in [-0.15, -0.1) is 0 Å². The first kappa shape index (κ1) is 25.2. The molecule has 0 radical (unpaired) electrons. The van der Waals surface area contributed by atoms with E-state index in [1.165, 1.54) is 33.7 Å². The summed E-state index contributed by atoms with van der Waals surface area (Å²) in [5.41, 5.74) is 6.11. The van der Waals surface area contributed by atoms with Crippen molar-refractivity contribution in [3.8, 4) is 0 Å². The topological polar surface area (TPSA) is 24.4 Å². The lowest BCUT2D eigenvalue weighted by Gasteiger charge is -2.24. The molecule has 5 rings (SSSR count). The van der Waals surface area contributed by atoms with Crippen LogP contribution in [0.25, 0.3) is 6.08 Å². The maximum Gasteiger partial charge on any atom is 0.133 e. The molecule has 1 aliphatic carbocycles. The summed E-state index contributed by atoms with van der Waals surface area (Å²) in [6, 6.07) is 38.9. The molecule has 0 bridgehead atoms. The van der Waals surface area contributed by atoms with E-state index in [4.69, 9.17) is 4.99 Å². The fourth-order valence-electron chi connectivity index (χ4n) is 4.97. The Kier molecular flexibility index (Phi) is 8.28. The Morgan fingerprint density at radius 2 is 1.46 bits per heavy atom. The number of nitrogens with one attached hydrogen (secondary N) is 1. The quantitative estimate of drug-likeness (QED) is 0.147. The number of hydrogen-bond donors (Lipinski definition) is 1. The highest BCUT2D eigenvalue weighted by molar-refractivity contribution is 7.88. The molecule has 4 aromatic carbocycles. The molecule has 1 N–H and O–H groups in total. The standard InChI is InChI=1S/C34H35N2P/c1-26(2)22-28-18-19-29-20-21-31(24-30(29)23-28)36-34(35-25-27-12-6-3-7-13-27)37(32-14-8-4-9-15-32)33-16-10-5-11-17-33/h3-21,24,26,28H,22-23,25H2,1-2H3,(H,35,36). The van der Waals surface area contributed by atoms with Crippen LogP contribution in [-0.2, 0) is 13.0 Å². The summed E-state index contributed by atoms with van der Waals surface area (Å²) in [4.78, 5) is 5.23. The Balaban J connectivity index is 1.51. The summed E-state index contributed by atoms with van der Waals surface area (Å²) in [6.45, 7) is 5.27. The summed E-state index contributed by atoms with van der Waals surface area (Å²) in [6.07, 6.45) is 7.03. The third-order valence-corrected chi connectivity index (χ3v) is 9.00. The minimum absolute atomic E-state index is 0.611. The average molecular weight is 503 g/mol. The lowest BCUT2D eigenvalue weighted by atomic mass is 9.84. The molecule has 0 aromatic heterocycles. The van der Waals surface area contributed by atoms with Crippen molar-refractivity contribution in [2.75, 3.05) is 5.32 Å². The summed E-state index contributed by atoms with van der Waals surface area (Å²) in [5.74, 6) is 1.31. The maximum absolute atomic E-state index is 5.23. The van der Waals surface area contributed by atoms with E-state index in [1.807, 2.05) is 0 Å². The normalized spacial score (nSPS) is 15.1. The molecule has 1 atom stereocenters. The van der Waals surface area contributed by atoms with Gasteiger partial charge in [-0.2, -0.15) is 0 Å². The molecule has 186 valence electrons. The lowest BCUT2D eigenvalue weighted by Crippen LogP contribution is -2.24. The monoisotopic (exact) mass is 502 g/mol. The van der Waals surface area contributed by atoms with Gasteiger partial charge in [0.1, 0.15) is 5.58 Å². The molecule has 0 spiro atoms. The smallest absolute Gasteiger partial charge is 0.133 e. The number of amidine groups is 1. The highest BCUT2D eigenvalue weighted by Crippen LogP contribution is 2.37. The highest BCUT2D eigenvalue weighted by atomic mass is 31.1. The van der Waals surface area contributed by atoms with Gasteiger partial charge in [0.05, 0.1) is 6.54 Å². The zero-order valence-electron chi connectivity index (χ0n) is 21.7. The zero-order valence-corrected chi connectivity index (χ0v) is 22.6. The first-order valence-corrected chi connectivity index (χ1v) is 14.6. The molecule has 0 saturated heterocycles. The van der Waals surface area contributed by atoms with Crippen molar-refractivity contribution in [1.82, 2.24) is 0 Å². The molecule has 0 saturated carbocycles. The molecule has 3 heteroatoms. The van der Waals surface area contributed by atoms with Crippen LogP contribution in [0.2, 0.25) is 0 Å². The minimum atomic E-state index is -0.841.